The first kappa shape index (κ1) is 24.9. The molecule has 210 valence electrons. The fourth-order valence-corrected chi connectivity index (χ4v) is 8.38. The molecule has 7 heteroatoms. The van der Waals surface area contributed by atoms with E-state index in [1.807, 2.05) is 42.5 Å². The highest BCUT2D eigenvalue weighted by atomic mass is 32.2. The van der Waals surface area contributed by atoms with Crippen molar-refractivity contribution in [3.63, 3.8) is 0 Å². The smallest absolute Gasteiger partial charge is 0.256 e. The Labute approximate surface area is 264 Å². The number of para-hydroxylation sites is 4. The van der Waals surface area contributed by atoms with E-state index in [4.69, 9.17) is 9.72 Å². The van der Waals surface area contributed by atoms with Crippen molar-refractivity contribution in [2.75, 3.05) is 9.80 Å². The van der Waals surface area contributed by atoms with Crippen molar-refractivity contribution in [3.05, 3.63) is 140 Å². The van der Waals surface area contributed by atoms with Gasteiger partial charge in [-0.2, -0.15) is 0 Å². The molecule has 0 saturated heterocycles. The van der Waals surface area contributed by atoms with Crippen LogP contribution in [0.1, 0.15) is 0 Å². The van der Waals surface area contributed by atoms with Crippen LogP contribution in [0.5, 0.6) is 11.5 Å². The van der Waals surface area contributed by atoms with Crippen LogP contribution in [0.25, 0.3) is 10.9 Å². The highest BCUT2D eigenvalue weighted by Crippen LogP contribution is 2.58. The van der Waals surface area contributed by atoms with Crippen molar-refractivity contribution in [3.8, 4) is 11.5 Å². The monoisotopic (exact) mass is 594 g/mol. The summed E-state index contributed by atoms with van der Waals surface area (Å²) in [5.41, 5.74) is 11.1. The fraction of sp³-hybridized carbons (Fsp3) is 0. The van der Waals surface area contributed by atoms with Gasteiger partial charge in [0.1, 0.15) is 11.5 Å². The van der Waals surface area contributed by atoms with Gasteiger partial charge in [0.15, 0.2) is 0 Å². The number of fused-ring (bicyclic) bond motifs is 8. The molecule has 5 nitrogen and oxygen atoms in total. The number of pyridine rings is 2. The molecule has 0 unspecified atom stereocenters. The molecule has 5 aromatic carbocycles. The molecule has 0 aliphatic carbocycles. The van der Waals surface area contributed by atoms with Gasteiger partial charge in [-0.1, -0.05) is 78.5 Å². The number of aromatic nitrogens is 2. The summed E-state index contributed by atoms with van der Waals surface area (Å²) >= 11 is 1.82. The number of hydrogen-bond acceptors (Lipinski definition) is 6. The number of anilines is 6. The lowest BCUT2D eigenvalue weighted by atomic mass is 9.34. The Kier molecular flexibility index (Phi) is 5.24. The topological polar surface area (TPSA) is 41.5 Å². The van der Waals surface area contributed by atoms with Crippen LogP contribution in [0, 0.1) is 0 Å². The Morgan fingerprint density at radius 2 is 1.40 bits per heavy atom. The zero-order chi connectivity index (χ0) is 29.5. The van der Waals surface area contributed by atoms with Crippen molar-refractivity contribution in [1.82, 2.24) is 9.97 Å². The molecule has 0 bridgehead atoms. The second kappa shape index (κ2) is 9.49. The number of rotatable bonds is 2. The second-order valence-corrected chi connectivity index (χ2v) is 12.5. The van der Waals surface area contributed by atoms with Crippen LogP contribution in [0.15, 0.2) is 150 Å². The molecule has 7 aromatic rings. The number of hydrogen-bond donors (Lipinski definition) is 0. The first-order chi connectivity index (χ1) is 22.3. The molecule has 2 aromatic heterocycles. The lowest BCUT2D eigenvalue weighted by Crippen LogP contribution is -2.59. The minimum atomic E-state index is 0.0276. The van der Waals surface area contributed by atoms with E-state index in [2.05, 4.69) is 124 Å². The first-order valence-electron chi connectivity index (χ1n) is 15.0. The van der Waals surface area contributed by atoms with Crippen LogP contribution in [0.4, 0.5) is 34.1 Å². The van der Waals surface area contributed by atoms with E-state index in [0.29, 0.717) is 0 Å². The quantitative estimate of drug-likeness (QED) is 0.189. The van der Waals surface area contributed by atoms with Gasteiger partial charge in [0.2, 0.25) is 0 Å². The Morgan fingerprint density at radius 3 is 2.31 bits per heavy atom. The maximum Gasteiger partial charge on any atom is 0.256 e. The summed E-state index contributed by atoms with van der Waals surface area (Å²) in [7, 11) is 0. The van der Waals surface area contributed by atoms with Gasteiger partial charge in [-0.15, -0.1) is 0 Å². The van der Waals surface area contributed by atoms with Crippen LogP contribution in [-0.4, -0.2) is 16.7 Å². The minimum Gasteiger partial charge on any atom is -0.458 e. The number of benzene rings is 5. The average molecular weight is 595 g/mol. The van der Waals surface area contributed by atoms with Gasteiger partial charge in [0.05, 0.1) is 45.0 Å². The van der Waals surface area contributed by atoms with Crippen molar-refractivity contribution in [1.29, 1.82) is 0 Å². The van der Waals surface area contributed by atoms with Gasteiger partial charge in [-0.25, -0.2) is 0 Å². The Balaban J connectivity index is 1.34. The Morgan fingerprint density at radius 1 is 0.622 bits per heavy atom. The van der Waals surface area contributed by atoms with E-state index in [1.165, 1.54) is 26.2 Å². The van der Waals surface area contributed by atoms with Crippen LogP contribution in [-0.2, 0) is 0 Å². The van der Waals surface area contributed by atoms with E-state index in [0.717, 1.165) is 56.5 Å². The van der Waals surface area contributed by atoms with E-state index in [9.17, 15) is 0 Å². The first-order valence-corrected chi connectivity index (χ1v) is 15.8. The van der Waals surface area contributed by atoms with Crippen LogP contribution >= 0.6 is 11.8 Å². The van der Waals surface area contributed by atoms with Gasteiger partial charge in [-0.05, 0) is 64.9 Å². The van der Waals surface area contributed by atoms with Gasteiger partial charge in [-0.3, -0.25) is 9.97 Å². The molecule has 0 radical (unpaired) electrons. The molecule has 0 N–H and O–H groups in total. The predicted molar refractivity (Wildman–Crippen MR) is 184 cm³/mol. The Hall–Kier alpha value is -5.53. The summed E-state index contributed by atoms with van der Waals surface area (Å²) < 4.78 is 6.86. The molecule has 10 rings (SSSR count). The maximum atomic E-state index is 6.86. The Bertz CT molecular complexity index is 2320. The van der Waals surface area contributed by atoms with Crippen LogP contribution in [0.2, 0.25) is 0 Å². The largest absolute Gasteiger partial charge is 0.458 e. The predicted octanol–water partition coefficient (Wildman–Crippen LogP) is 7.97. The van der Waals surface area contributed by atoms with Gasteiger partial charge in [0.25, 0.3) is 6.71 Å². The van der Waals surface area contributed by atoms with Gasteiger partial charge < -0.3 is 14.5 Å². The summed E-state index contributed by atoms with van der Waals surface area (Å²) in [6.45, 7) is 0.0276. The fourth-order valence-electron chi connectivity index (χ4n) is 7.19. The number of nitrogens with zero attached hydrogens (tertiary/aromatic N) is 4. The summed E-state index contributed by atoms with van der Waals surface area (Å²) in [6.07, 6.45) is 5.66. The molecule has 0 saturated carbocycles. The summed E-state index contributed by atoms with van der Waals surface area (Å²) in [5, 5.41) is 1.10. The normalized spacial score (nSPS) is 13.7. The lowest BCUT2D eigenvalue weighted by Gasteiger charge is -2.43. The molecule has 3 aliphatic heterocycles. The summed E-state index contributed by atoms with van der Waals surface area (Å²) in [6, 6.07) is 42.8. The standard InChI is InChI=1S/C38H23BN4OS/c1-3-15-28-26(13-1)39-27-14-2-5-18-32(27)44-33-22-31-38(37(35(33)39)42(28)25-12-9-20-40-23-25)45-34-19-6-4-16-29(34)43(31)30-17-7-10-24-11-8-21-41-36(24)30/h1-23H. The molecule has 0 amide bonds. The van der Waals surface area contributed by atoms with E-state index >= 15 is 0 Å². The average Bonchev–Trinajstić information content (AvgIpc) is 3.10. The van der Waals surface area contributed by atoms with Gasteiger partial charge >= 0.3 is 0 Å². The van der Waals surface area contributed by atoms with Crippen molar-refractivity contribution >= 4 is 79.9 Å². The maximum absolute atomic E-state index is 6.86. The zero-order valence-electron chi connectivity index (χ0n) is 24.0. The summed E-state index contributed by atoms with van der Waals surface area (Å²) in [4.78, 5) is 16.6. The van der Waals surface area contributed by atoms with Crippen LogP contribution < -0.4 is 30.9 Å². The molecule has 5 heterocycles. The van der Waals surface area contributed by atoms with Crippen molar-refractivity contribution < 1.29 is 4.74 Å². The van der Waals surface area contributed by atoms with Crippen molar-refractivity contribution in [2.45, 2.75) is 9.79 Å². The highest BCUT2D eigenvalue weighted by molar-refractivity contribution is 8.00. The highest BCUT2D eigenvalue weighted by Gasteiger charge is 2.45. The van der Waals surface area contributed by atoms with E-state index in [1.54, 1.807) is 0 Å². The molecule has 0 fully saturated rings. The molecule has 0 atom stereocenters. The molecule has 45 heavy (non-hydrogen) atoms. The molecular weight excluding hydrogens is 571 g/mol. The second-order valence-electron chi connectivity index (χ2n) is 11.4. The van der Waals surface area contributed by atoms with E-state index in [-0.39, 0.29) is 6.71 Å². The molecule has 0 spiro atoms. The van der Waals surface area contributed by atoms with E-state index < -0.39 is 0 Å². The SMILES string of the molecule is c1cncc(N2c3ccccc3B3c4ccccc4Oc4cc5c(c2c43)Sc2ccccc2N5c2cccc3cccnc23)c1. The summed E-state index contributed by atoms with van der Waals surface area (Å²) in [5.74, 6) is 1.77. The number of ether oxygens (including phenoxy) is 1. The molecular formula is C38H23BN4OS. The lowest BCUT2D eigenvalue weighted by molar-refractivity contribution is 0.487. The zero-order valence-corrected chi connectivity index (χ0v) is 24.8. The van der Waals surface area contributed by atoms with Crippen LogP contribution in [0.3, 0.4) is 0 Å². The molecule has 3 aliphatic rings. The van der Waals surface area contributed by atoms with Crippen molar-refractivity contribution in [2.24, 2.45) is 0 Å². The van der Waals surface area contributed by atoms with Gasteiger partial charge in [0, 0.05) is 34.4 Å². The third-order valence-electron chi connectivity index (χ3n) is 9.00. The minimum absolute atomic E-state index is 0.0276. The third kappa shape index (κ3) is 3.53. The third-order valence-corrected chi connectivity index (χ3v) is 10.2.